The van der Waals surface area contributed by atoms with Gasteiger partial charge >= 0.3 is 12.1 Å². The Hall–Kier alpha value is -3.35. The van der Waals surface area contributed by atoms with Gasteiger partial charge < -0.3 is 20.1 Å². The molecular formula is C26H28N2O5. The minimum Gasteiger partial charge on any atom is -0.481 e. The number of alkyl carbamates (subject to hydrolysis) is 1. The second kappa shape index (κ2) is 8.89. The summed E-state index contributed by atoms with van der Waals surface area (Å²) in [5.74, 6) is -1.33. The number of carbonyl (C=O) groups excluding carboxylic acids is 2. The van der Waals surface area contributed by atoms with E-state index in [2.05, 4.69) is 29.6 Å². The summed E-state index contributed by atoms with van der Waals surface area (Å²) >= 11 is 0. The van der Waals surface area contributed by atoms with Crippen LogP contribution in [0.4, 0.5) is 4.79 Å². The third kappa shape index (κ3) is 4.32. The van der Waals surface area contributed by atoms with Crippen LogP contribution in [-0.2, 0) is 14.3 Å². The number of hydrogen-bond acceptors (Lipinski definition) is 4. The van der Waals surface area contributed by atoms with E-state index in [-0.39, 0.29) is 36.8 Å². The van der Waals surface area contributed by atoms with Gasteiger partial charge in [-0.3, -0.25) is 9.59 Å². The summed E-state index contributed by atoms with van der Waals surface area (Å²) in [7, 11) is 0. The van der Waals surface area contributed by atoms with E-state index in [4.69, 9.17) is 4.74 Å². The smallest absolute Gasteiger partial charge is 0.407 e. The van der Waals surface area contributed by atoms with Gasteiger partial charge in [-0.25, -0.2) is 4.79 Å². The minimum atomic E-state index is -0.836. The van der Waals surface area contributed by atoms with Crippen molar-refractivity contribution in [2.75, 3.05) is 26.2 Å². The fourth-order valence-electron chi connectivity index (χ4n) is 5.25. The Balaban J connectivity index is 1.10. The Bertz CT molecular complexity index is 1040. The SMILES string of the molecule is O=C(NC[C@H]1C[C@H]1C(=O)N1CCC[C@H](C(=O)O)C1)OCC1c2ccccc2-c2ccccc21. The molecule has 2 amide bonds. The molecule has 2 aromatic rings. The van der Waals surface area contributed by atoms with E-state index in [0.29, 0.717) is 19.5 Å². The van der Waals surface area contributed by atoms with Gasteiger partial charge in [0.1, 0.15) is 6.61 Å². The van der Waals surface area contributed by atoms with E-state index in [1.54, 1.807) is 4.90 Å². The average Bonchev–Trinajstić information content (AvgIpc) is 3.56. The zero-order chi connectivity index (χ0) is 22.9. The van der Waals surface area contributed by atoms with Crippen LogP contribution < -0.4 is 5.32 Å². The first-order chi connectivity index (χ1) is 16.0. The van der Waals surface area contributed by atoms with Gasteiger partial charge in [0, 0.05) is 31.5 Å². The van der Waals surface area contributed by atoms with Crippen LogP contribution in [0.5, 0.6) is 0 Å². The highest BCUT2D eigenvalue weighted by Gasteiger charge is 2.46. The zero-order valence-electron chi connectivity index (χ0n) is 18.4. The normalized spacial score (nSPS) is 23.4. The first kappa shape index (κ1) is 21.5. The van der Waals surface area contributed by atoms with E-state index < -0.39 is 18.0 Å². The maximum absolute atomic E-state index is 12.7. The number of hydrogen-bond donors (Lipinski definition) is 2. The van der Waals surface area contributed by atoms with Gasteiger partial charge in [-0.05, 0) is 47.4 Å². The fourth-order valence-corrected chi connectivity index (χ4v) is 5.25. The van der Waals surface area contributed by atoms with Crippen LogP contribution in [0, 0.1) is 17.8 Å². The van der Waals surface area contributed by atoms with Crippen molar-refractivity contribution < 1.29 is 24.2 Å². The summed E-state index contributed by atoms with van der Waals surface area (Å²) < 4.78 is 5.56. The second-order valence-corrected chi connectivity index (χ2v) is 9.27. The number of nitrogens with zero attached hydrogens (tertiary/aromatic N) is 1. The lowest BCUT2D eigenvalue weighted by Crippen LogP contribution is -2.43. The lowest BCUT2D eigenvalue weighted by atomic mass is 9.98. The van der Waals surface area contributed by atoms with Crippen molar-refractivity contribution in [1.82, 2.24) is 10.2 Å². The predicted molar refractivity (Wildman–Crippen MR) is 122 cm³/mol. The molecule has 0 aromatic heterocycles. The van der Waals surface area contributed by atoms with Crippen molar-refractivity contribution in [2.24, 2.45) is 17.8 Å². The number of carboxylic acid groups (broad SMARTS) is 1. The maximum atomic E-state index is 12.7. The first-order valence-corrected chi connectivity index (χ1v) is 11.6. The molecule has 0 radical (unpaired) electrons. The van der Waals surface area contributed by atoms with Crippen LogP contribution in [0.3, 0.4) is 0 Å². The van der Waals surface area contributed by atoms with Crippen molar-refractivity contribution in [3.8, 4) is 11.1 Å². The van der Waals surface area contributed by atoms with Crippen molar-refractivity contribution in [2.45, 2.75) is 25.2 Å². The summed E-state index contributed by atoms with van der Waals surface area (Å²) in [6.07, 6.45) is 1.59. The summed E-state index contributed by atoms with van der Waals surface area (Å²) in [6, 6.07) is 16.4. The van der Waals surface area contributed by atoms with E-state index in [1.165, 1.54) is 22.3 Å². The Morgan fingerprint density at radius 3 is 2.36 bits per heavy atom. The van der Waals surface area contributed by atoms with E-state index in [9.17, 15) is 19.5 Å². The van der Waals surface area contributed by atoms with Crippen LogP contribution in [0.15, 0.2) is 48.5 Å². The number of carboxylic acids is 1. The molecule has 172 valence electrons. The molecule has 7 nitrogen and oxygen atoms in total. The number of piperidine rings is 1. The molecule has 2 N–H and O–H groups in total. The lowest BCUT2D eigenvalue weighted by molar-refractivity contribution is -0.146. The molecule has 33 heavy (non-hydrogen) atoms. The number of carbonyl (C=O) groups is 3. The van der Waals surface area contributed by atoms with Crippen LogP contribution >= 0.6 is 0 Å². The largest absolute Gasteiger partial charge is 0.481 e. The highest BCUT2D eigenvalue weighted by molar-refractivity contribution is 5.83. The lowest BCUT2D eigenvalue weighted by Gasteiger charge is -2.31. The third-order valence-electron chi connectivity index (χ3n) is 7.17. The molecular weight excluding hydrogens is 420 g/mol. The fraction of sp³-hybridized carbons (Fsp3) is 0.423. The Morgan fingerprint density at radius 1 is 1.03 bits per heavy atom. The number of likely N-dealkylation sites (tertiary alicyclic amines) is 1. The molecule has 1 aliphatic heterocycles. The van der Waals surface area contributed by atoms with E-state index >= 15 is 0 Å². The van der Waals surface area contributed by atoms with Gasteiger partial charge in [-0.15, -0.1) is 0 Å². The topological polar surface area (TPSA) is 95.9 Å². The molecule has 0 bridgehead atoms. The molecule has 5 rings (SSSR count). The number of amides is 2. The maximum Gasteiger partial charge on any atom is 0.407 e. The van der Waals surface area contributed by atoms with Crippen LogP contribution in [-0.4, -0.2) is 54.2 Å². The number of aliphatic carboxylic acids is 1. The van der Waals surface area contributed by atoms with Gasteiger partial charge in [0.05, 0.1) is 5.92 Å². The number of rotatable bonds is 6. The molecule has 2 aliphatic carbocycles. The molecule has 1 saturated carbocycles. The number of ether oxygens (including phenoxy) is 1. The van der Waals surface area contributed by atoms with E-state index in [1.807, 2.05) is 24.3 Å². The van der Waals surface area contributed by atoms with Gasteiger partial charge in [-0.1, -0.05) is 48.5 Å². The summed E-state index contributed by atoms with van der Waals surface area (Å²) in [5, 5.41) is 12.0. The number of fused-ring (bicyclic) bond motifs is 3. The van der Waals surface area contributed by atoms with Gasteiger partial charge in [-0.2, -0.15) is 0 Å². The minimum absolute atomic E-state index is 0.0136. The van der Waals surface area contributed by atoms with Crippen molar-refractivity contribution in [3.63, 3.8) is 0 Å². The van der Waals surface area contributed by atoms with Crippen molar-refractivity contribution in [1.29, 1.82) is 0 Å². The van der Waals surface area contributed by atoms with Gasteiger partial charge in [0.25, 0.3) is 0 Å². The Morgan fingerprint density at radius 2 is 1.70 bits per heavy atom. The second-order valence-electron chi connectivity index (χ2n) is 9.27. The average molecular weight is 449 g/mol. The highest BCUT2D eigenvalue weighted by Crippen LogP contribution is 2.44. The molecule has 0 unspecified atom stereocenters. The Labute approximate surface area is 192 Å². The van der Waals surface area contributed by atoms with Crippen molar-refractivity contribution >= 4 is 18.0 Å². The molecule has 2 aromatic carbocycles. The Kier molecular flexibility index (Phi) is 5.79. The molecule has 2 fully saturated rings. The standard InChI is InChI=1S/C26H28N2O5/c29-24(28-11-5-6-16(14-28)25(30)31)22-12-17(22)13-27-26(32)33-15-23-20-9-3-1-7-18(20)19-8-2-4-10-21(19)23/h1-4,7-10,16-17,22-23H,5-6,11-15H2,(H,27,32)(H,30,31)/t16-,17+,22+/m0/s1. The van der Waals surface area contributed by atoms with Gasteiger partial charge in [0.15, 0.2) is 0 Å². The molecule has 3 atom stereocenters. The monoisotopic (exact) mass is 448 g/mol. The summed E-state index contributed by atoms with van der Waals surface area (Å²) in [4.78, 5) is 38.0. The van der Waals surface area contributed by atoms with Crippen LogP contribution in [0.25, 0.3) is 11.1 Å². The molecule has 0 spiro atoms. The quantitative estimate of drug-likeness (QED) is 0.705. The molecule has 3 aliphatic rings. The van der Waals surface area contributed by atoms with E-state index in [0.717, 1.165) is 12.8 Å². The first-order valence-electron chi connectivity index (χ1n) is 11.6. The highest BCUT2D eigenvalue weighted by atomic mass is 16.5. The van der Waals surface area contributed by atoms with Crippen molar-refractivity contribution in [3.05, 3.63) is 59.7 Å². The van der Waals surface area contributed by atoms with Crippen LogP contribution in [0.1, 0.15) is 36.3 Å². The number of nitrogens with one attached hydrogen (secondary N) is 1. The molecule has 1 saturated heterocycles. The summed E-state index contributed by atoms with van der Waals surface area (Å²) in [6.45, 7) is 1.56. The number of benzene rings is 2. The zero-order valence-corrected chi connectivity index (χ0v) is 18.4. The van der Waals surface area contributed by atoms with Gasteiger partial charge in [0.2, 0.25) is 5.91 Å². The summed E-state index contributed by atoms with van der Waals surface area (Å²) in [5.41, 5.74) is 4.70. The molecule has 1 heterocycles. The van der Waals surface area contributed by atoms with Crippen LogP contribution in [0.2, 0.25) is 0 Å². The third-order valence-corrected chi connectivity index (χ3v) is 7.17. The molecule has 7 heteroatoms. The predicted octanol–water partition coefficient (Wildman–Crippen LogP) is 3.48.